The minimum Gasteiger partial charge on any atom is -0.394 e. The minimum absolute atomic E-state index is 0.0930. The third kappa shape index (κ3) is 3.44. The van der Waals surface area contributed by atoms with Crippen LogP contribution in [0.25, 0.3) is 0 Å². The SMILES string of the molecule is CNC(CO)(CN(C)CC1CCCOC1)C1CC1. The van der Waals surface area contributed by atoms with Gasteiger partial charge in [0.15, 0.2) is 0 Å². The molecule has 2 unspecified atom stereocenters. The average molecular weight is 256 g/mol. The Hall–Kier alpha value is -0.160. The lowest BCUT2D eigenvalue weighted by Gasteiger charge is -2.37. The highest BCUT2D eigenvalue weighted by Crippen LogP contribution is 2.39. The molecule has 1 saturated heterocycles. The van der Waals surface area contributed by atoms with E-state index in [4.69, 9.17) is 4.74 Å². The van der Waals surface area contributed by atoms with E-state index in [1.165, 1.54) is 25.7 Å². The molecular weight excluding hydrogens is 228 g/mol. The molecule has 1 heterocycles. The number of ether oxygens (including phenoxy) is 1. The third-order valence-electron chi connectivity index (χ3n) is 4.52. The van der Waals surface area contributed by atoms with Crippen LogP contribution in [0.5, 0.6) is 0 Å². The quantitative estimate of drug-likeness (QED) is 0.704. The van der Waals surface area contributed by atoms with E-state index < -0.39 is 0 Å². The number of hydrogen-bond donors (Lipinski definition) is 2. The van der Waals surface area contributed by atoms with Gasteiger partial charge in [0.1, 0.15) is 0 Å². The van der Waals surface area contributed by atoms with Gasteiger partial charge in [0, 0.05) is 19.7 Å². The zero-order valence-corrected chi connectivity index (χ0v) is 11.8. The van der Waals surface area contributed by atoms with Crippen molar-refractivity contribution in [1.82, 2.24) is 10.2 Å². The molecule has 2 N–H and O–H groups in total. The van der Waals surface area contributed by atoms with Gasteiger partial charge in [-0.2, -0.15) is 0 Å². The fraction of sp³-hybridized carbons (Fsp3) is 1.00. The molecule has 1 aliphatic carbocycles. The lowest BCUT2D eigenvalue weighted by Crippen LogP contribution is -2.56. The predicted octanol–water partition coefficient (Wildman–Crippen LogP) is 0.705. The molecule has 4 nitrogen and oxygen atoms in total. The summed E-state index contributed by atoms with van der Waals surface area (Å²) in [6.07, 6.45) is 4.97. The first-order chi connectivity index (χ1) is 8.70. The zero-order chi connectivity index (χ0) is 13.0. The molecule has 106 valence electrons. The van der Waals surface area contributed by atoms with Gasteiger partial charge >= 0.3 is 0 Å². The van der Waals surface area contributed by atoms with Crippen LogP contribution < -0.4 is 5.32 Å². The molecule has 4 heteroatoms. The molecule has 1 saturated carbocycles. The topological polar surface area (TPSA) is 44.7 Å². The molecule has 0 amide bonds. The Morgan fingerprint density at radius 1 is 1.39 bits per heavy atom. The third-order valence-corrected chi connectivity index (χ3v) is 4.52. The highest BCUT2D eigenvalue weighted by Gasteiger charge is 2.44. The number of likely N-dealkylation sites (N-methyl/N-ethyl adjacent to an activating group) is 2. The monoisotopic (exact) mass is 256 g/mol. The normalized spacial score (nSPS) is 28.3. The van der Waals surface area contributed by atoms with Gasteiger partial charge in [-0.15, -0.1) is 0 Å². The van der Waals surface area contributed by atoms with Gasteiger partial charge < -0.3 is 20.1 Å². The molecule has 0 aromatic heterocycles. The van der Waals surface area contributed by atoms with Gasteiger partial charge in [-0.3, -0.25) is 0 Å². The van der Waals surface area contributed by atoms with Crippen LogP contribution in [0.2, 0.25) is 0 Å². The van der Waals surface area contributed by atoms with E-state index >= 15 is 0 Å². The Labute approximate surface area is 111 Å². The summed E-state index contributed by atoms with van der Waals surface area (Å²) in [6.45, 7) is 4.08. The molecule has 2 aliphatic rings. The van der Waals surface area contributed by atoms with E-state index in [1.807, 2.05) is 7.05 Å². The number of nitrogens with zero attached hydrogens (tertiary/aromatic N) is 1. The van der Waals surface area contributed by atoms with Gasteiger partial charge in [-0.25, -0.2) is 0 Å². The second-order valence-electron chi connectivity index (χ2n) is 6.12. The van der Waals surface area contributed by atoms with Crippen molar-refractivity contribution in [1.29, 1.82) is 0 Å². The van der Waals surface area contributed by atoms with Crippen molar-refractivity contribution in [3.8, 4) is 0 Å². The van der Waals surface area contributed by atoms with E-state index in [1.54, 1.807) is 0 Å². The van der Waals surface area contributed by atoms with Crippen molar-refractivity contribution < 1.29 is 9.84 Å². The maximum Gasteiger partial charge on any atom is 0.0628 e. The van der Waals surface area contributed by atoms with Crippen LogP contribution in [0, 0.1) is 11.8 Å². The fourth-order valence-electron chi connectivity index (χ4n) is 3.24. The molecule has 0 bridgehead atoms. The van der Waals surface area contributed by atoms with E-state index in [0.29, 0.717) is 11.8 Å². The summed E-state index contributed by atoms with van der Waals surface area (Å²) in [5.41, 5.74) is -0.0930. The van der Waals surface area contributed by atoms with Gasteiger partial charge in [-0.1, -0.05) is 0 Å². The second-order valence-corrected chi connectivity index (χ2v) is 6.12. The largest absolute Gasteiger partial charge is 0.394 e. The van der Waals surface area contributed by atoms with Crippen molar-refractivity contribution >= 4 is 0 Å². The Kier molecular flexibility index (Phi) is 5.01. The van der Waals surface area contributed by atoms with Gasteiger partial charge in [0.2, 0.25) is 0 Å². The Morgan fingerprint density at radius 3 is 2.67 bits per heavy atom. The number of aliphatic hydroxyl groups excluding tert-OH is 1. The highest BCUT2D eigenvalue weighted by atomic mass is 16.5. The van der Waals surface area contributed by atoms with Crippen LogP contribution >= 0.6 is 0 Å². The van der Waals surface area contributed by atoms with E-state index in [-0.39, 0.29) is 12.1 Å². The molecule has 2 fully saturated rings. The molecule has 2 rings (SSSR count). The summed E-state index contributed by atoms with van der Waals surface area (Å²) in [5, 5.41) is 13.1. The summed E-state index contributed by atoms with van der Waals surface area (Å²) in [5.74, 6) is 1.31. The minimum atomic E-state index is -0.0930. The molecular formula is C14H28N2O2. The molecule has 0 aromatic rings. The first-order valence-corrected chi connectivity index (χ1v) is 7.26. The van der Waals surface area contributed by atoms with Crippen LogP contribution in [0.1, 0.15) is 25.7 Å². The van der Waals surface area contributed by atoms with Gasteiger partial charge in [0.25, 0.3) is 0 Å². The number of nitrogens with one attached hydrogen (secondary N) is 1. The number of hydrogen-bond acceptors (Lipinski definition) is 4. The van der Waals surface area contributed by atoms with Crippen molar-refractivity contribution in [2.24, 2.45) is 11.8 Å². The lowest BCUT2D eigenvalue weighted by molar-refractivity contribution is 0.0327. The molecule has 2 atom stereocenters. The standard InChI is InChI=1S/C14H28N2O2/c1-15-14(11-17,13-5-6-13)10-16(2)8-12-4-3-7-18-9-12/h12-13,15,17H,3-11H2,1-2H3. The predicted molar refractivity (Wildman–Crippen MR) is 72.6 cm³/mol. The maximum absolute atomic E-state index is 9.73. The maximum atomic E-state index is 9.73. The first-order valence-electron chi connectivity index (χ1n) is 7.26. The van der Waals surface area contributed by atoms with Gasteiger partial charge in [-0.05, 0) is 51.6 Å². The lowest BCUT2D eigenvalue weighted by atomic mass is 9.93. The fourth-order valence-corrected chi connectivity index (χ4v) is 3.24. The summed E-state index contributed by atoms with van der Waals surface area (Å²) in [4.78, 5) is 2.37. The Balaban J connectivity index is 1.82. The molecule has 1 aliphatic heterocycles. The van der Waals surface area contributed by atoms with Crippen LogP contribution in [0.3, 0.4) is 0 Å². The van der Waals surface area contributed by atoms with Crippen molar-refractivity contribution in [3.05, 3.63) is 0 Å². The Bertz CT molecular complexity index is 246. The number of aliphatic hydroxyl groups is 1. The second kappa shape index (κ2) is 6.33. The van der Waals surface area contributed by atoms with Gasteiger partial charge in [0.05, 0.1) is 18.8 Å². The first kappa shape index (κ1) is 14.3. The van der Waals surface area contributed by atoms with Crippen molar-refractivity contribution in [3.63, 3.8) is 0 Å². The van der Waals surface area contributed by atoms with Crippen LogP contribution in [-0.4, -0.2) is 62.6 Å². The summed E-state index contributed by atoms with van der Waals surface area (Å²) in [7, 11) is 4.14. The van der Waals surface area contributed by atoms with E-state index in [9.17, 15) is 5.11 Å². The summed E-state index contributed by atoms with van der Waals surface area (Å²) >= 11 is 0. The molecule has 0 radical (unpaired) electrons. The highest BCUT2D eigenvalue weighted by molar-refractivity contribution is 5.01. The van der Waals surface area contributed by atoms with Crippen molar-refractivity contribution in [2.45, 2.75) is 31.2 Å². The molecule has 0 spiro atoms. The van der Waals surface area contributed by atoms with Crippen LogP contribution in [0.15, 0.2) is 0 Å². The summed E-state index contributed by atoms with van der Waals surface area (Å²) in [6, 6.07) is 0. The zero-order valence-electron chi connectivity index (χ0n) is 11.8. The van der Waals surface area contributed by atoms with Crippen molar-refractivity contribution in [2.75, 3.05) is 47.0 Å². The van der Waals surface area contributed by atoms with Crippen LogP contribution in [-0.2, 0) is 4.74 Å². The van der Waals surface area contributed by atoms with Crippen LogP contribution in [0.4, 0.5) is 0 Å². The Morgan fingerprint density at radius 2 is 2.17 bits per heavy atom. The summed E-state index contributed by atoms with van der Waals surface area (Å²) < 4.78 is 5.53. The smallest absolute Gasteiger partial charge is 0.0628 e. The molecule has 0 aromatic carbocycles. The molecule has 18 heavy (non-hydrogen) atoms. The average Bonchev–Trinajstić information content (AvgIpc) is 3.22. The van der Waals surface area contributed by atoms with E-state index in [2.05, 4.69) is 17.3 Å². The number of rotatable bonds is 7. The van der Waals surface area contributed by atoms with E-state index in [0.717, 1.165) is 26.3 Å².